The quantitative estimate of drug-likeness (QED) is 0.909. The highest BCUT2D eigenvalue weighted by molar-refractivity contribution is 7.89. The van der Waals surface area contributed by atoms with E-state index in [2.05, 4.69) is 4.98 Å². The summed E-state index contributed by atoms with van der Waals surface area (Å²) >= 11 is 1.57. The molecular weight excluding hydrogens is 294 g/mol. The molecule has 0 unspecified atom stereocenters. The van der Waals surface area contributed by atoms with E-state index in [1.54, 1.807) is 35.6 Å². The van der Waals surface area contributed by atoms with Gasteiger partial charge < -0.3 is 5.73 Å². The zero-order chi connectivity index (χ0) is 14.8. The van der Waals surface area contributed by atoms with Crippen LogP contribution in [0.4, 0.5) is 0 Å². The molecule has 0 atom stereocenters. The molecule has 2 rings (SSSR count). The van der Waals surface area contributed by atoms with Crippen LogP contribution in [0, 0.1) is 0 Å². The van der Waals surface area contributed by atoms with Gasteiger partial charge in [-0.15, -0.1) is 11.3 Å². The monoisotopic (exact) mass is 311 g/mol. The highest BCUT2D eigenvalue weighted by Gasteiger charge is 2.16. The number of aromatic nitrogens is 1. The molecule has 0 aliphatic carbocycles. The van der Waals surface area contributed by atoms with Crippen LogP contribution in [-0.4, -0.2) is 38.3 Å². The Labute approximate surface area is 123 Å². The van der Waals surface area contributed by atoms with Gasteiger partial charge in [-0.05, 0) is 18.7 Å². The number of nitrogens with zero attached hydrogens (tertiary/aromatic N) is 2. The molecule has 0 bridgehead atoms. The summed E-state index contributed by atoms with van der Waals surface area (Å²) in [5.74, 6) is 0. The molecule has 7 heteroatoms. The van der Waals surface area contributed by atoms with Crippen LogP contribution >= 0.6 is 11.3 Å². The molecule has 0 saturated heterocycles. The van der Waals surface area contributed by atoms with E-state index in [9.17, 15) is 8.42 Å². The maximum atomic E-state index is 12.0. The van der Waals surface area contributed by atoms with Gasteiger partial charge in [0, 0.05) is 31.5 Å². The van der Waals surface area contributed by atoms with Crippen LogP contribution in [0.25, 0.3) is 11.3 Å². The van der Waals surface area contributed by atoms with Gasteiger partial charge in [0.25, 0.3) is 0 Å². The van der Waals surface area contributed by atoms with Gasteiger partial charge in [-0.2, -0.15) is 0 Å². The average molecular weight is 311 g/mol. The number of hydrogen-bond donors (Lipinski definition) is 1. The topological polar surface area (TPSA) is 76.3 Å². The molecular formula is C13H17N3O2S2. The highest BCUT2D eigenvalue weighted by Crippen LogP contribution is 2.24. The Morgan fingerprint density at radius 1 is 1.25 bits per heavy atom. The zero-order valence-electron chi connectivity index (χ0n) is 11.4. The first kappa shape index (κ1) is 15.1. The molecule has 1 heterocycles. The summed E-state index contributed by atoms with van der Waals surface area (Å²) in [5.41, 5.74) is 7.26. The van der Waals surface area contributed by atoms with E-state index in [1.165, 1.54) is 18.4 Å². The van der Waals surface area contributed by atoms with E-state index in [0.717, 1.165) is 22.7 Å². The zero-order valence-corrected chi connectivity index (χ0v) is 13.0. The minimum absolute atomic E-state index is 0.281. The van der Waals surface area contributed by atoms with Crippen LogP contribution in [-0.2, 0) is 16.4 Å². The lowest BCUT2D eigenvalue weighted by molar-refractivity contribution is 0.521. The lowest BCUT2D eigenvalue weighted by Gasteiger charge is -2.11. The number of hydrogen-bond acceptors (Lipinski definition) is 5. The molecule has 0 radical (unpaired) electrons. The second-order valence-electron chi connectivity index (χ2n) is 4.48. The largest absolute Gasteiger partial charge is 0.330 e. The Morgan fingerprint density at radius 2 is 1.90 bits per heavy atom. The first-order chi connectivity index (χ1) is 9.45. The van der Waals surface area contributed by atoms with Crippen molar-refractivity contribution >= 4 is 21.4 Å². The van der Waals surface area contributed by atoms with Gasteiger partial charge in [0.15, 0.2) is 0 Å². The number of benzene rings is 1. The normalized spacial score (nSPS) is 12.0. The van der Waals surface area contributed by atoms with Gasteiger partial charge in [0.05, 0.1) is 15.6 Å². The third-order valence-electron chi connectivity index (χ3n) is 2.84. The van der Waals surface area contributed by atoms with Crippen molar-refractivity contribution in [1.29, 1.82) is 0 Å². The van der Waals surface area contributed by atoms with Crippen molar-refractivity contribution in [3.63, 3.8) is 0 Å². The van der Waals surface area contributed by atoms with Crippen molar-refractivity contribution in [2.45, 2.75) is 11.3 Å². The second-order valence-corrected chi connectivity index (χ2v) is 7.57. The summed E-state index contributed by atoms with van der Waals surface area (Å²) in [6.45, 7) is 0.576. The summed E-state index contributed by atoms with van der Waals surface area (Å²) in [6, 6.07) is 6.76. The summed E-state index contributed by atoms with van der Waals surface area (Å²) in [6.07, 6.45) is 0.762. The predicted molar refractivity (Wildman–Crippen MR) is 81.2 cm³/mol. The number of sulfonamides is 1. The maximum Gasteiger partial charge on any atom is 0.242 e. The van der Waals surface area contributed by atoms with Crippen molar-refractivity contribution in [2.24, 2.45) is 5.73 Å². The molecule has 1 aromatic carbocycles. The number of thiazole rings is 1. The fourth-order valence-corrected chi connectivity index (χ4v) is 3.42. The third kappa shape index (κ3) is 3.06. The minimum Gasteiger partial charge on any atom is -0.330 e. The molecule has 5 nitrogen and oxygen atoms in total. The van der Waals surface area contributed by atoms with Crippen LogP contribution in [0.1, 0.15) is 5.01 Å². The smallest absolute Gasteiger partial charge is 0.242 e. The van der Waals surface area contributed by atoms with Gasteiger partial charge in [0.1, 0.15) is 0 Å². The molecule has 0 saturated carbocycles. The van der Waals surface area contributed by atoms with E-state index >= 15 is 0 Å². The van der Waals surface area contributed by atoms with Crippen molar-refractivity contribution < 1.29 is 8.42 Å². The SMILES string of the molecule is CN(C)S(=O)(=O)c1ccc(-c2csc(CCN)n2)cc1. The summed E-state index contributed by atoms with van der Waals surface area (Å²) in [4.78, 5) is 4.76. The Hall–Kier alpha value is -1.28. The Bertz CT molecular complexity index is 676. The Balaban J connectivity index is 2.28. The first-order valence-electron chi connectivity index (χ1n) is 6.12. The molecule has 108 valence electrons. The Kier molecular flexibility index (Phi) is 4.54. The average Bonchev–Trinajstić information content (AvgIpc) is 2.88. The third-order valence-corrected chi connectivity index (χ3v) is 5.58. The standard InChI is InChI=1S/C13H17N3O2S2/c1-16(2)20(17,18)11-5-3-10(4-6-11)12-9-19-13(15-12)7-8-14/h3-6,9H,7-8,14H2,1-2H3. The van der Waals surface area contributed by atoms with Crippen molar-refractivity contribution in [3.05, 3.63) is 34.7 Å². The van der Waals surface area contributed by atoms with Gasteiger partial charge in [-0.1, -0.05) is 12.1 Å². The van der Waals surface area contributed by atoms with E-state index < -0.39 is 10.0 Å². The van der Waals surface area contributed by atoms with Crippen LogP contribution in [0.3, 0.4) is 0 Å². The van der Waals surface area contributed by atoms with E-state index in [1.807, 2.05) is 5.38 Å². The summed E-state index contributed by atoms with van der Waals surface area (Å²) in [7, 11) is -0.347. The van der Waals surface area contributed by atoms with Crippen molar-refractivity contribution in [2.75, 3.05) is 20.6 Å². The van der Waals surface area contributed by atoms with Crippen molar-refractivity contribution in [1.82, 2.24) is 9.29 Å². The second kappa shape index (κ2) is 6.01. The van der Waals surface area contributed by atoms with E-state index in [4.69, 9.17) is 5.73 Å². The fourth-order valence-electron chi connectivity index (χ4n) is 1.69. The number of rotatable bonds is 5. The molecule has 0 aliphatic heterocycles. The lowest BCUT2D eigenvalue weighted by atomic mass is 10.2. The fraction of sp³-hybridized carbons (Fsp3) is 0.308. The first-order valence-corrected chi connectivity index (χ1v) is 8.44. The van der Waals surface area contributed by atoms with Crippen LogP contribution < -0.4 is 5.73 Å². The molecule has 0 aliphatic rings. The molecule has 2 N–H and O–H groups in total. The number of nitrogens with two attached hydrogens (primary N) is 1. The molecule has 20 heavy (non-hydrogen) atoms. The summed E-state index contributed by atoms with van der Waals surface area (Å²) in [5, 5.41) is 2.95. The van der Waals surface area contributed by atoms with E-state index in [0.29, 0.717) is 6.54 Å². The summed E-state index contributed by atoms with van der Waals surface area (Å²) < 4.78 is 25.1. The maximum absolute atomic E-state index is 12.0. The minimum atomic E-state index is -3.38. The van der Waals surface area contributed by atoms with Gasteiger partial charge in [0.2, 0.25) is 10.0 Å². The van der Waals surface area contributed by atoms with Gasteiger partial charge in [-0.25, -0.2) is 17.7 Å². The van der Waals surface area contributed by atoms with Crippen LogP contribution in [0.2, 0.25) is 0 Å². The molecule has 0 amide bonds. The van der Waals surface area contributed by atoms with E-state index in [-0.39, 0.29) is 4.90 Å². The van der Waals surface area contributed by atoms with Crippen molar-refractivity contribution in [3.8, 4) is 11.3 Å². The molecule has 0 fully saturated rings. The Morgan fingerprint density at radius 3 is 2.45 bits per heavy atom. The predicted octanol–water partition coefficient (Wildman–Crippen LogP) is 1.56. The highest BCUT2D eigenvalue weighted by atomic mass is 32.2. The molecule has 2 aromatic rings. The van der Waals surface area contributed by atoms with Crippen LogP contribution in [0.5, 0.6) is 0 Å². The van der Waals surface area contributed by atoms with Gasteiger partial charge >= 0.3 is 0 Å². The van der Waals surface area contributed by atoms with Crippen LogP contribution in [0.15, 0.2) is 34.5 Å². The molecule has 0 spiro atoms. The van der Waals surface area contributed by atoms with Gasteiger partial charge in [-0.3, -0.25) is 0 Å². The molecule has 1 aromatic heterocycles. The lowest BCUT2D eigenvalue weighted by Crippen LogP contribution is -2.22.